The monoisotopic (exact) mass is 434 g/mol. The number of aromatic nitrogens is 3. The molecule has 7 nitrogen and oxygen atoms in total. The molecule has 0 radical (unpaired) electrons. The quantitative estimate of drug-likeness (QED) is 0.329. The Bertz CT molecular complexity index is 1040. The summed E-state index contributed by atoms with van der Waals surface area (Å²) in [6.45, 7) is 8.58. The normalized spacial score (nSPS) is 11.8. The van der Waals surface area contributed by atoms with Crippen LogP contribution in [0.1, 0.15) is 56.5 Å². The number of amides is 1. The number of carbonyl (C=O) groups excluding carboxylic acids is 1. The van der Waals surface area contributed by atoms with Crippen molar-refractivity contribution in [1.82, 2.24) is 20.3 Å². The van der Waals surface area contributed by atoms with Crippen LogP contribution < -0.4 is 10.6 Å². The van der Waals surface area contributed by atoms with Gasteiger partial charge in [0.15, 0.2) is 0 Å². The molecule has 0 saturated heterocycles. The minimum atomic E-state index is -0.0224. The van der Waals surface area contributed by atoms with Crippen LogP contribution in [0.25, 0.3) is 10.9 Å². The van der Waals surface area contributed by atoms with Crippen LogP contribution in [0.15, 0.2) is 41.5 Å². The van der Waals surface area contributed by atoms with Gasteiger partial charge in [-0.3, -0.25) is 20.4 Å². The standard InChI is InChI=1S/C25H34N6O/c1-5-9-19(10-6-2)23(32)30-24(31-25-28-17(3)15-18(4)29-25)26-14-13-20-16-27-22-12-8-7-11-21(20)22/h7-8,11-12,15-16,19,27H,5-6,9-10,13-14H2,1-4H3,(H2,26,28,29,30,31,32). The number of hydrogen-bond acceptors (Lipinski definition) is 4. The van der Waals surface area contributed by atoms with Crippen LogP contribution >= 0.6 is 0 Å². The Labute approximate surface area is 190 Å². The number of carbonyl (C=O) groups is 1. The Morgan fingerprint density at radius 3 is 2.47 bits per heavy atom. The zero-order valence-corrected chi connectivity index (χ0v) is 19.5. The van der Waals surface area contributed by atoms with E-state index in [2.05, 4.69) is 56.6 Å². The van der Waals surface area contributed by atoms with E-state index in [-0.39, 0.29) is 11.8 Å². The molecule has 0 unspecified atom stereocenters. The third-order valence-corrected chi connectivity index (χ3v) is 5.43. The average Bonchev–Trinajstić information content (AvgIpc) is 3.16. The summed E-state index contributed by atoms with van der Waals surface area (Å²) in [7, 11) is 0. The van der Waals surface area contributed by atoms with Crippen LogP contribution in [0.3, 0.4) is 0 Å². The Morgan fingerprint density at radius 1 is 1.09 bits per heavy atom. The lowest BCUT2D eigenvalue weighted by Gasteiger charge is -2.17. The van der Waals surface area contributed by atoms with Crippen LogP contribution in [0.5, 0.6) is 0 Å². The van der Waals surface area contributed by atoms with Gasteiger partial charge in [-0.1, -0.05) is 44.9 Å². The van der Waals surface area contributed by atoms with Crippen LogP contribution in [0.2, 0.25) is 0 Å². The first-order chi connectivity index (χ1) is 15.5. The second kappa shape index (κ2) is 11.4. The summed E-state index contributed by atoms with van der Waals surface area (Å²) < 4.78 is 0. The highest BCUT2D eigenvalue weighted by molar-refractivity contribution is 6.04. The maximum atomic E-state index is 12.9. The van der Waals surface area contributed by atoms with Crippen molar-refractivity contribution < 1.29 is 4.79 Å². The van der Waals surface area contributed by atoms with Gasteiger partial charge in [0.05, 0.1) is 0 Å². The molecule has 1 aromatic carbocycles. The third-order valence-electron chi connectivity index (χ3n) is 5.43. The lowest BCUT2D eigenvalue weighted by Crippen LogP contribution is -2.40. The molecule has 3 N–H and O–H groups in total. The summed E-state index contributed by atoms with van der Waals surface area (Å²) in [4.78, 5) is 29.8. The van der Waals surface area contributed by atoms with E-state index in [0.29, 0.717) is 18.5 Å². The third kappa shape index (κ3) is 6.39. The summed E-state index contributed by atoms with van der Waals surface area (Å²) in [6, 6.07) is 10.1. The molecular formula is C25H34N6O. The molecular weight excluding hydrogens is 400 g/mol. The van der Waals surface area contributed by atoms with Crippen molar-refractivity contribution >= 4 is 28.7 Å². The van der Waals surface area contributed by atoms with E-state index < -0.39 is 0 Å². The van der Waals surface area contributed by atoms with Crippen molar-refractivity contribution in [3.05, 3.63) is 53.5 Å². The molecule has 170 valence electrons. The van der Waals surface area contributed by atoms with Gasteiger partial charge in [0.25, 0.3) is 0 Å². The Hall–Kier alpha value is -3.22. The number of nitrogens with one attached hydrogen (secondary N) is 3. The lowest BCUT2D eigenvalue weighted by molar-refractivity contribution is -0.124. The maximum absolute atomic E-state index is 12.9. The van der Waals surface area contributed by atoms with Crippen molar-refractivity contribution in [3.8, 4) is 0 Å². The fraction of sp³-hybridized carbons (Fsp3) is 0.440. The minimum absolute atomic E-state index is 0.00332. The van der Waals surface area contributed by atoms with Crippen molar-refractivity contribution in [2.24, 2.45) is 10.9 Å². The molecule has 0 bridgehead atoms. The highest BCUT2D eigenvalue weighted by Crippen LogP contribution is 2.18. The van der Waals surface area contributed by atoms with Crippen molar-refractivity contribution in [2.75, 3.05) is 11.9 Å². The summed E-state index contributed by atoms with van der Waals surface area (Å²) in [5.41, 5.74) is 4.04. The van der Waals surface area contributed by atoms with Gasteiger partial charge < -0.3 is 4.98 Å². The van der Waals surface area contributed by atoms with E-state index >= 15 is 0 Å². The molecule has 2 aromatic heterocycles. The molecule has 0 fully saturated rings. The lowest BCUT2D eigenvalue weighted by atomic mass is 9.97. The number of anilines is 1. The molecule has 0 atom stereocenters. The molecule has 2 heterocycles. The second-order valence-corrected chi connectivity index (χ2v) is 8.20. The number of nitrogens with zero attached hydrogens (tertiary/aromatic N) is 3. The predicted octanol–water partition coefficient (Wildman–Crippen LogP) is 4.92. The molecule has 1 amide bonds. The van der Waals surface area contributed by atoms with Gasteiger partial charge in [0.2, 0.25) is 17.8 Å². The van der Waals surface area contributed by atoms with E-state index in [1.54, 1.807) is 0 Å². The SMILES string of the molecule is CCCC(CCC)C(=O)NC(=NCCc1c[nH]c2ccccc12)Nc1nc(C)cc(C)n1. The van der Waals surface area contributed by atoms with Gasteiger partial charge in [-0.2, -0.15) is 0 Å². The van der Waals surface area contributed by atoms with Crippen molar-refractivity contribution in [2.45, 2.75) is 59.8 Å². The summed E-state index contributed by atoms with van der Waals surface area (Å²) in [6.07, 6.45) is 6.45. The minimum Gasteiger partial charge on any atom is -0.361 e. The first-order valence-corrected chi connectivity index (χ1v) is 11.5. The number of rotatable bonds is 9. The topological polar surface area (TPSA) is 95.1 Å². The van der Waals surface area contributed by atoms with Gasteiger partial charge in [0, 0.05) is 41.0 Å². The smallest absolute Gasteiger partial charge is 0.229 e. The fourth-order valence-corrected chi connectivity index (χ4v) is 3.95. The average molecular weight is 435 g/mol. The number of aromatic amines is 1. The largest absolute Gasteiger partial charge is 0.361 e. The number of H-pyrrole nitrogens is 1. The van der Waals surface area contributed by atoms with Gasteiger partial charge in [-0.05, 0) is 50.8 Å². The van der Waals surface area contributed by atoms with Crippen molar-refractivity contribution in [1.29, 1.82) is 0 Å². The van der Waals surface area contributed by atoms with E-state index in [1.165, 1.54) is 10.9 Å². The first-order valence-electron chi connectivity index (χ1n) is 11.5. The molecule has 0 saturated carbocycles. The molecule has 32 heavy (non-hydrogen) atoms. The van der Waals surface area contributed by atoms with Crippen molar-refractivity contribution in [3.63, 3.8) is 0 Å². The first kappa shape index (κ1) is 23.4. The van der Waals surface area contributed by atoms with Crippen LogP contribution in [0, 0.1) is 19.8 Å². The maximum Gasteiger partial charge on any atom is 0.229 e. The number of para-hydroxylation sites is 1. The van der Waals surface area contributed by atoms with Gasteiger partial charge in [-0.25, -0.2) is 9.97 Å². The molecule has 0 spiro atoms. The molecule has 0 aliphatic heterocycles. The summed E-state index contributed by atoms with van der Waals surface area (Å²) in [5, 5.41) is 7.34. The zero-order valence-electron chi connectivity index (χ0n) is 19.5. The summed E-state index contributed by atoms with van der Waals surface area (Å²) in [5.74, 6) is 0.815. The number of hydrogen-bond donors (Lipinski definition) is 3. The Kier molecular flexibility index (Phi) is 8.36. The van der Waals surface area contributed by atoms with Gasteiger partial charge >= 0.3 is 0 Å². The van der Waals surface area contributed by atoms with E-state index in [0.717, 1.165) is 49.0 Å². The van der Waals surface area contributed by atoms with E-state index in [9.17, 15) is 4.79 Å². The highest BCUT2D eigenvalue weighted by atomic mass is 16.2. The predicted molar refractivity (Wildman–Crippen MR) is 131 cm³/mol. The number of fused-ring (bicyclic) bond motifs is 1. The molecule has 0 aliphatic rings. The zero-order chi connectivity index (χ0) is 22.9. The number of aryl methyl sites for hydroxylation is 2. The van der Waals surface area contributed by atoms with Gasteiger partial charge in [0.1, 0.15) is 0 Å². The molecule has 3 rings (SSSR count). The van der Waals surface area contributed by atoms with E-state index in [4.69, 9.17) is 0 Å². The Morgan fingerprint density at radius 2 is 1.78 bits per heavy atom. The fourth-order valence-electron chi connectivity index (χ4n) is 3.95. The molecule has 7 heteroatoms. The van der Waals surface area contributed by atoms with Gasteiger partial charge in [-0.15, -0.1) is 0 Å². The van der Waals surface area contributed by atoms with Crippen LogP contribution in [0.4, 0.5) is 5.95 Å². The van der Waals surface area contributed by atoms with Crippen LogP contribution in [-0.4, -0.2) is 33.4 Å². The number of guanidine groups is 1. The number of benzene rings is 1. The Balaban J connectivity index is 1.77. The molecule has 3 aromatic rings. The summed E-state index contributed by atoms with van der Waals surface area (Å²) >= 11 is 0. The van der Waals surface area contributed by atoms with E-state index in [1.807, 2.05) is 38.2 Å². The number of aliphatic imine (C=N–C) groups is 1. The highest BCUT2D eigenvalue weighted by Gasteiger charge is 2.18. The second-order valence-electron chi connectivity index (χ2n) is 8.20. The van der Waals surface area contributed by atoms with Crippen LogP contribution in [-0.2, 0) is 11.2 Å². The molecule has 0 aliphatic carbocycles.